The van der Waals surface area contributed by atoms with Gasteiger partial charge in [-0.25, -0.2) is 9.69 Å². The van der Waals surface area contributed by atoms with Gasteiger partial charge >= 0.3 is 6.03 Å². The number of halogens is 2. The SMILES string of the molecule is Cc1c(Cl)cccc1N1C(=O)NC(=O)/C(=C/c2ccc(-c3ccc(Br)cc3)o2)C1=O. The third kappa shape index (κ3) is 3.69. The standard InChI is InChI=1S/C22H14BrClN2O4/c1-12-17(24)3-2-4-18(12)26-21(28)16(20(27)25-22(26)29)11-15-9-10-19(30-15)13-5-7-14(23)8-6-13/h2-11H,1H3,(H,25,27,29)/b16-11-. The van der Waals surface area contributed by atoms with Gasteiger partial charge in [-0.2, -0.15) is 0 Å². The number of hydrogen-bond acceptors (Lipinski definition) is 4. The van der Waals surface area contributed by atoms with Crippen molar-refractivity contribution in [3.63, 3.8) is 0 Å². The van der Waals surface area contributed by atoms with Crippen LogP contribution in [0.15, 0.2) is 69.1 Å². The largest absolute Gasteiger partial charge is 0.457 e. The van der Waals surface area contributed by atoms with E-state index in [0.29, 0.717) is 27.8 Å². The molecule has 1 aliphatic heterocycles. The number of nitrogens with one attached hydrogen (secondary N) is 1. The van der Waals surface area contributed by atoms with Crippen molar-refractivity contribution in [2.45, 2.75) is 6.92 Å². The van der Waals surface area contributed by atoms with Crippen LogP contribution in [0.1, 0.15) is 11.3 Å². The molecule has 1 aliphatic rings. The maximum absolute atomic E-state index is 13.0. The Hall–Kier alpha value is -3.16. The zero-order valence-corrected chi connectivity index (χ0v) is 18.0. The van der Waals surface area contributed by atoms with E-state index in [1.54, 1.807) is 37.3 Å². The number of anilines is 1. The van der Waals surface area contributed by atoms with Crippen LogP contribution in [0.25, 0.3) is 17.4 Å². The van der Waals surface area contributed by atoms with Gasteiger partial charge in [0.15, 0.2) is 0 Å². The van der Waals surface area contributed by atoms with E-state index in [9.17, 15) is 14.4 Å². The molecule has 1 fully saturated rings. The lowest BCUT2D eigenvalue weighted by atomic mass is 10.1. The molecule has 8 heteroatoms. The van der Waals surface area contributed by atoms with Crippen LogP contribution in [0.5, 0.6) is 0 Å². The lowest BCUT2D eigenvalue weighted by Crippen LogP contribution is -2.54. The zero-order valence-electron chi connectivity index (χ0n) is 15.6. The van der Waals surface area contributed by atoms with Crippen molar-refractivity contribution in [1.82, 2.24) is 5.32 Å². The highest BCUT2D eigenvalue weighted by Crippen LogP contribution is 2.30. The maximum Gasteiger partial charge on any atom is 0.335 e. The Balaban J connectivity index is 1.70. The van der Waals surface area contributed by atoms with Crippen LogP contribution in [0.4, 0.5) is 10.5 Å². The average Bonchev–Trinajstić information content (AvgIpc) is 3.17. The summed E-state index contributed by atoms with van der Waals surface area (Å²) in [5, 5.41) is 2.59. The van der Waals surface area contributed by atoms with E-state index in [-0.39, 0.29) is 5.57 Å². The van der Waals surface area contributed by atoms with E-state index in [2.05, 4.69) is 21.2 Å². The summed E-state index contributed by atoms with van der Waals surface area (Å²) in [5.74, 6) is -0.654. The second kappa shape index (κ2) is 7.93. The first kappa shape index (κ1) is 20.1. The average molecular weight is 486 g/mol. The summed E-state index contributed by atoms with van der Waals surface area (Å²) in [4.78, 5) is 38.6. The first-order chi connectivity index (χ1) is 14.3. The molecule has 0 radical (unpaired) electrons. The molecule has 2 aromatic carbocycles. The van der Waals surface area contributed by atoms with Crippen LogP contribution in [-0.2, 0) is 9.59 Å². The van der Waals surface area contributed by atoms with Crippen molar-refractivity contribution >= 4 is 57.1 Å². The highest BCUT2D eigenvalue weighted by atomic mass is 79.9. The highest BCUT2D eigenvalue weighted by molar-refractivity contribution is 9.10. The molecular formula is C22H14BrClN2O4. The Morgan fingerprint density at radius 3 is 2.50 bits per heavy atom. The molecule has 0 saturated carbocycles. The summed E-state index contributed by atoms with van der Waals surface area (Å²) in [6.07, 6.45) is 1.32. The molecule has 6 nitrogen and oxygen atoms in total. The molecular weight excluding hydrogens is 472 g/mol. The van der Waals surface area contributed by atoms with Crippen LogP contribution in [-0.4, -0.2) is 17.8 Å². The van der Waals surface area contributed by atoms with Crippen molar-refractivity contribution < 1.29 is 18.8 Å². The molecule has 4 rings (SSSR count). The summed E-state index contributed by atoms with van der Waals surface area (Å²) in [6, 6.07) is 14.9. The Labute approximate surface area is 185 Å². The number of furan rings is 1. The third-order valence-electron chi connectivity index (χ3n) is 4.62. The molecule has 1 saturated heterocycles. The molecule has 4 amide bonds. The number of hydrogen-bond donors (Lipinski definition) is 1. The summed E-state index contributed by atoms with van der Waals surface area (Å²) in [7, 11) is 0. The van der Waals surface area contributed by atoms with E-state index < -0.39 is 17.8 Å². The Morgan fingerprint density at radius 2 is 1.77 bits per heavy atom. The van der Waals surface area contributed by atoms with Crippen molar-refractivity contribution in [3.05, 3.63) is 81.0 Å². The van der Waals surface area contributed by atoms with E-state index in [1.807, 2.05) is 24.3 Å². The topological polar surface area (TPSA) is 79.6 Å². The van der Waals surface area contributed by atoms with Crippen molar-refractivity contribution in [2.24, 2.45) is 0 Å². The predicted octanol–water partition coefficient (Wildman–Crippen LogP) is 5.34. The molecule has 0 unspecified atom stereocenters. The Kier molecular flexibility index (Phi) is 5.32. The Morgan fingerprint density at radius 1 is 1.03 bits per heavy atom. The van der Waals surface area contributed by atoms with Crippen LogP contribution >= 0.6 is 27.5 Å². The second-order valence-electron chi connectivity index (χ2n) is 6.55. The van der Waals surface area contributed by atoms with E-state index in [0.717, 1.165) is 14.9 Å². The summed E-state index contributed by atoms with van der Waals surface area (Å²) >= 11 is 9.50. The number of imide groups is 2. The van der Waals surface area contributed by atoms with Gasteiger partial charge in [0.1, 0.15) is 17.1 Å². The molecule has 0 atom stereocenters. The number of carbonyl (C=O) groups excluding carboxylic acids is 3. The van der Waals surface area contributed by atoms with Crippen LogP contribution in [0, 0.1) is 6.92 Å². The summed E-state index contributed by atoms with van der Waals surface area (Å²) in [6.45, 7) is 1.69. The molecule has 2 heterocycles. The smallest absolute Gasteiger partial charge is 0.335 e. The van der Waals surface area contributed by atoms with Gasteiger partial charge in [0, 0.05) is 15.1 Å². The number of urea groups is 1. The van der Waals surface area contributed by atoms with Crippen molar-refractivity contribution in [3.8, 4) is 11.3 Å². The van der Waals surface area contributed by atoms with Gasteiger partial charge in [-0.15, -0.1) is 0 Å². The van der Waals surface area contributed by atoms with Crippen molar-refractivity contribution in [1.29, 1.82) is 0 Å². The molecule has 0 aliphatic carbocycles. The van der Waals surface area contributed by atoms with Crippen molar-refractivity contribution in [2.75, 3.05) is 4.90 Å². The molecule has 30 heavy (non-hydrogen) atoms. The predicted molar refractivity (Wildman–Crippen MR) is 117 cm³/mol. The normalized spacial score (nSPS) is 15.6. The number of carbonyl (C=O) groups is 3. The number of amides is 4. The minimum atomic E-state index is -0.831. The van der Waals surface area contributed by atoms with E-state index >= 15 is 0 Å². The van der Waals surface area contributed by atoms with Gasteiger partial charge in [-0.1, -0.05) is 45.7 Å². The highest BCUT2D eigenvalue weighted by Gasteiger charge is 2.37. The van der Waals surface area contributed by atoms with Crippen LogP contribution < -0.4 is 10.2 Å². The van der Waals surface area contributed by atoms with Gasteiger partial charge in [0.2, 0.25) is 0 Å². The van der Waals surface area contributed by atoms with Gasteiger partial charge in [-0.05, 0) is 55.0 Å². The molecule has 3 aromatic rings. The molecule has 1 N–H and O–H groups in total. The minimum absolute atomic E-state index is 0.217. The molecule has 150 valence electrons. The van der Waals surface area contributed by atoms with Crippen LogP contribution in [0.2, 0.25) is 5.02 Å². The third-order valence-corrected chi connectivity index (χ3v) is 5.56. The second-order valence-corrected chi connectivity index (χ2v) is 7.87. The number of nitrogens with zero attached hydrogens (tertiary/aromatic N) is 1. The maximum atomic E-state index is 13.0. The van der Waals surface area contributed by atoms with Gasteiger partial charge < -0.3 is 4.42 Å². The first-order valence-corrected chi connectivity index (χ1v) is 10.0. The molecule has 1 aromatic heterocycles. The number of rotatable bonds is 3. The lowest BCUT2D eigenvalue weighted by Gasteiger charge is -2.27. The van der Waals surface area contributed by atoms with Crippen LogP contribution in [0.3, 0.4) is 0 Å². The minimum Gasteiger partial charge on any atom is -0.457 e. The fraction of sp³-hybridized carbons (Fsp3) is 0.0455. The first-order valence-electron chi connectivity index (χ1n) is 8.87. The fourth-order valence-electron chi connectivity index (χ4n) is 3.06. The van der Waals surface area contributed by atoms with E-state index in [4.69, 9.17) is 16.0 Å². The van der Waals surface area contributed by atoms with E-state index in [1.165, 1.54) is 6.08 Å². The summed E-state index contributed by atoms with van der Waals surface area (Å²) in [5.41, 5.74) is 1.48. The Bertz CT molecular complexity index is 1210. The fourth-order valence-corrected chi connectivity index (χ4v) is 3.49. The van der Waals surface area contributed by atoms with Gasteiger partial charge in [0.05, 0.1) is 5.69 Å². The lowest BCUT2D eigenvalue weighted by molar-refractivity contribution is -0.122. The van der Waals surface area contributed by atoms with Gasteiger partial charge in [0.25, 0.3) is 11.8 Å². The number of benzene rings is 2. The monoisotopic (exact) mass is 484 g/mol. The molecule has 0 bridgehead atoms. The quantitative estimate of drug-likeness (QED) is 0.401. The molecule has 0 spiro atoms. The zero-order chi connectivity index (χ0) is 21.4. The number of barbiturate groups is 1. The van der Waals surface area contributed by atoms with Gasteiger partial charge in [-0.3, -0.25) is 14.9 Å². The summed E-state index contributed by atoms with van der Waals surface area (Å²) < 4.78 is 6.71.